The van der Waals surface area contributed by atoms with Gasteiger partial charge in [0.1, 0.15) is 11.3 Å². The van der Waals surface area contributed by atoms with Crippen molar-refractivity contribution in [1.29, 1.82) is 0 Å². The molecule has 2 aliphatic rings. The molecule has 0 spiro atoms. The fourth-order valence-electron chi connectivity index (χ4n) is 4.27. The van der Waals surface area contributed by atoms with Crippen molar-refractivity contribution in [2.24, 2.45) is 11.8 Å². The van der Waals surface area contributed by atoms with E-state index in [0.717, 1.165) is 5.52 Å². The van der Waals surface area contributed by atoms with E-state index < -0.39 is 0 Å². The molecule has 8 heteroatoms. The first-order valence-corrected chi connectivity index (χ1v) is 9.73. The molecule has 8 nitrogen and oxygen atoms in total. The fourth-order valence-corrected chi connectivity index (χ4v) is 4.27. The minimum atomic E-state index is -0.00221. The molecule has 0 radical (unpaired) electrons. The molecule has 0 saturated carbocycles. The van der Waals surface area contributed by atoms with E-state index in [4.69, 9.17) is 4.74 Å². The molecular weight excluding hydrogens is 370 g/mol. The molecule has 2 fully saturated rings. The van der Waals surface area contributed by atoms with Crippen LogP contribution in [0.2, 0.25) is 0 Å². The molecule has 2 amide bonds. The lowest BCUT2D eigenvalue weighted by Crippen LogP contribution is -2.37. The SMILES string of the molecule is O=C(COc1ccccc1)N1C[C@@H]2CN(C(=O)c3ccc4[nH]nnc4c3)C[C@H]2C1. The normalized spacial score (nSPS) is 20.8. The Balaban J connectivity index is 1.17. The van der Waals surface area contributed by atoms with Gasteiger partial charge in [0.15, 0.2) is 6.61 Å². The molecule has 2 saturated heterocycles. The summed E-state index contributed by atoms with van der Waals surface area (Å²) in [5.41, 5.74) is 2.12. The topological polar surface area (TPSA) is 91.4 Å². The summed E-state index contributed by atoms with van der Waals surface area (Å²) in [6.07, 6.45) is 0. The van der Waals surface area contributed by atoms with E-state index in [1.807, 2.05) is 46.2 Å². The van der Waals surface area contributed by atoms with Crippen molar-refractivity contribution in [1.82, 2.24) is 25.2 Å². The highest BCUT2D eigenvalue weighted by atomic mass is 16.5. The minimum Gasteiger partial charge on any atom is -0.484 e. The van der Waals surface area contributed by atoms with Crippen LogP contribution in [0.15, 0.2) is 48.5 Å². The zero-order valence-corrected chi connectivity index (χ0v) is 15.8. The van der Waals surface area contributed by atoms with Gasteiger partial charge in [0.25, 0.3) is 11.8 Å². The lowest BCUT2D eigenvalue weighted by atomic mass is 10.0. The molecule has 3 aromatic rings. The van der Waals surface area contributed by atoms with Gasteiger partial charge >= 0.3 is 0 Å². The summed E-state index contributed by atoms with van der Waals surface area (Å²) in [4.78, 5) is 29.1. The zero-order valence-electron chi connectivity index (χ0n) is 15.8. The third-order valence-corrected chi connectivity index (χ3v) is 5.80. The Hall–Kier alpha value is -3.42. The zero-order chi connectivity index (χ0) is 19.8. The van der Waals surface area contributed by atoms with E-state index in [-0.39, 0.29) is 18.4 Å². The molecule has 0 aliphatic carbocycles. The maximum Gasteiger partial charge on any atom is 0.260 e. The van der Waals surface area contributed by atoms with Gasteiger partial charge in [-0.25, -0.2) is 0 Å². The summed E-state index contributed by atoms with van der Waals surface area (Å²) in [6, 6.07) is 14.7. The van der Waals surface area contributed by atoms with Crippen molar-refractivity contribution >= 4 is 22.8 Å². The standard InChI is InChI=1S/C21H21N5O3/c27-20(13-29-17-4-2-1-3-5-17)25-9-15-11-26(12-16(15)10-25)21(28)14-6-7-18-19(8-14)23-24-22-18/h1-8,15-16H,9-13H2,(H,22,23,24)/t15-,16-/m1/s1. The Morgan fingerprint density at radius 3 is 2.48 bits per heavy atom. The van der Waals surface area contributed by atoms with Crippen LogP contribution in [0.3, 0.4) is 0 Å². The van der Waals surface area contributed by atoms with E-state index in [1.54, 1.807) is 12.1 Å². The summed E-state index contributed by atoms with van der Waals surface area (Å²) >= 11 is 0. The number of benzene rings is 2. The lowest BCUT2D eigenvalue weighted by Gasteiger charge is -2.22. The van der Waals surface area contributed by atoms with Crippen molar-refractivity contribution in [3.63, 3.8) is 0 Å². The molecular formula is C21H21N5O3. The molecule has 0 bridgehead atoms. The predicted octanol–water partition coefficient (Wildman–Crippen LogP) is 1.57. The lowest BCUT2D eigenvalue weighted by molar-refractivity contribution is -0.132. The number of hydrogen-bond acceptors (Lipinski definition) is 5. The number of carbonyl (C=O) groups excluding carboxylic acids is 2. The van der Waals surface area contributed by atoms with E-state index in [2.05, 4.69) is 15.4 Å². The number of aromatic nitrogens is 3. The summed E-state index contributed by atoms with van der Waals surface area (Å²) < 4.78 is 5.58. The number of H-pyrrole nitrogens is 1. The largest absolute Gasteiger partial charge is 0.484 e. The van der Waals surface area contributed by atoms with Crippen LogP contribution in [-0.2, 0) is 4.79 Å². The predicted molar refractivity (Wildman–Crippen MR) is 105 cm³/mol. The molecule has 148 valence electrons. The summed E-state index contributed by atoms with van der Waals surface area (Å²) in [5.74, 6) is 1.33. The Kier molecular flexibility index (Phi) is 4.38. The highest BCUT2D eigenvalue weighted by Crippen LogP contribution is 2.32. The van der Waals surface area contributed by atoms with E-state index in [0.29, 0.717) is 54.8 Å². The van der Waals surface area contributed by atoms with Gasteiger partial charge in [-0.3, -0.25) is 14.7 Å². The first-order valence-electron chi connectivity index (χ1n) is 9.73. The molecule has 2 aromatic carbocycles. The van der Waals surface area contributed by atoms with Gasteiger partial charge in [-0.1, -0.05) is 23.4 Å². The number of rotatable bonds is 4. The van der Waals surface area contributed by atoms with Crippen molar-refractivity contribution in [2.75, 3.05) is 32.8 Å². The van der Waals surface area contributed by atoms with Gasteiger partial charge in [-0.15, -0.1) is 5.10 Å². The third-order valence-electron chi connectivity index (χ3n) is 5.80. The van der Waals surface area contributed by atoms with Crippen molar-refractivity contribution < 1.29 is 14.3 Å². The monoisotopic (exact) mass is 391 g/mol. The highest BCUT2D eigenvalue weighted by molar-refractivity contribution is 5.97. The number of para-hydroxylation sites is 1. The van der Waals surface area contributed by atoms with Crippen LogP contribution in [0, 0.1) is 11.8 Å². The first kappa shape index (κ1) is 17.7. The van der Waals surface area contributed by atoms with Gasteiger partial charge in [0, 0.05) is 43.6 Å². The second-order valence-electron chi connectivity index (χ2n) is 7.67. The summed E-state index contributed by atoms with van der Waals surface area (Å²) in [5, 5.41) is 10.5. The Morgan fingerprint density at radius 2 is 1.72 bits per heavy atom. The van der Waals surface area contributed by atoms with Crippen molar-refractivity contribution in [2.45, 2.75) is 0 Å². The van der Waals surface area contributed by atoms with E-state index in [9.17, 15) is 9.59 Å². The summed E-state index contributed by atoms with van der Waals surface area (Å²) in [6.45, 7) is 2.73. The Labute approximate surface area is 167 Å². The van der Waals surface area contributed by atoms with Crippen LogP contribution >= 0.6 is 0 Å². The van der Waals surface area contributed by atoms with E-state index in [1.165, 1.54) is 0 Å². The van der Waals surface area contributed by atoms with E-state index >= 15 is 0 Å². The Bertz CT molecular complexity index is 1040. The molecule has 3 heterocycles. The molecule has 5 rings (SSSR count). The molecule has 29 heavy (non-hydrogen) atoms. The second-order valence-corrected chi connectivity index (χ2v) is 7.67. The number of ether oxygens (including phenoxy) is 1. The minimum absolute atomic E-state index is 0.00221. The third kappa shape index (κ3) is 3.41. The molecule has 1 N–H and O–H groups in total. The van der Waals surface area contributed by atoms with Gasteiger partial charge in [0.2, 0.25) is 0 Å². The number of hydrogen-bond donors (Lipinski definition) is 1. The van der Waals surface area contributed by atoms with Crippen LogP contribution in [0.4, 0.5) is 0 Å². The maximum atomic E-state index is 12.9. The van der Waals surface area contributed by atoms with Crippen molar-refractivity contribution in [3.8, 4) is 5.75 Å². The molecule has 0 unspecified atom stereocenters. The van der Waals surface area contributed by atoms with Gasteiger partial charge < -0.3 is 14.5 Å². The number of nitrogens with zero attached hydrogens (tertiary/aromatic N) is 4. The average molecular weight is 391 g/mol. The number of nitrogens with one attached hydrogen (secondary N) is 1. The van der Waals surface area contributed by atoms with Gasteiger partial charge in [0.05, 0.1) is 5.52 Å². The van der Waals surface area contributed by atoms with Gasteiger partial charge in [-0.2, -0.15) is 0 Å². The number of aromatic amines is 1. The Morgan fingerprint density at radius 1 is 1.00 bits per heavy atom. The van der Waals surface area contributed by atoms with Crippen LogP contribution < -0.4 is 4.74 Å². The fraction of sp³-hybridized carbons (Fsp3) is 0.333. The number of carbonyl (C=O) groups is 2. The number of amides is 2. The number of fused-ring (bicyclic) bond motifs is 2. The first-order chi connectivity index (χ1) is 14.2. The second kappa shape index (κ2) is 7.20. The smallest absolute Gasteiger partial charge is 0.260 e. The molecule has 2 aliphatic heterocycles. The maximum absolute atomic E-state index is 12.9. The van der Waals surface area contributed by atoms with Crippen LogP contribution in [0.5, 0.6) is 5.75 Å². The molecule has 2 atom stereocenters. The van der Waals surface area contributed by atoms with Crippen LogP contribution in [0.1, 0.15) is 10.4 Å². The highest BCUT2D eigenvalue weighted by Gasteiger charge is 2.43. The van der Waals surface area contributed by atoms with Crippen molar-refractivity contribution in [3.05, 3.63) is 54.1 Å². The number of likely N-dealkylation sites (tertiary alicyclic amines) is 2. The van der Waals surface area contributed by atoms with Gasteiger partial charge in [-0.05, 0) is 30.3 Å². The summed E-state index contributed by atoms with van der Waals surface area (Å²) in [7, 11) is 0. The van der Waals surface area contributed by atoms with Crippen LogP contribution in [0.25, 0.3) is 11.0 Å². The van der Waals surface area contributed by atoms with Crippen LogP contribution in [-0.4, -0.2) is 69.8 Å². The quantitative estimate of drug-likeness (QED) is 0.729. The average Bonchev–Trinajstić information content (AvgIpc) is 3.46. The molecule has 1 aromatic heterocycles.